The van der Waals surface area contributed by atoms with Crippen molar-refractivity contribution in [1.29, 1.82) is 0 Å². The molecular weight excluding hydrogens is 189 g/mol. The van der Waals surface area contributed by atoms with Crippen LogP contribution in [0.3, 0.4) is 0 Å². The number of amides is 1. The molecule has 0 spiro atoms. The van der Waals surface area contributed by atoms with Gasteiger partial charge in [0.05, 0.1) is 0 Å². The lowest BCUT2D eigenvalue weighted by atomic mass is 10.4. The van der Waals surface area contributed by atoms with Crippen LogP contribution in [-0.2, 0) is 0 Å². The van der Waals surface area contributed by atoms with Crippen LogP contribution in [0.25, 0.3) is 0 Å². The van der Waals surface area contributed by atoms with Gasteiger partial charge in [-0.2, -0.15) is 5.10 Å². The van der Waals surface area contributed by atoms with Crippen molar-refractivity contribution in [2.45, 2.75) is 0 Å². The Kier molecular flexibility index (Phi) is 2.76. The molecule has 0 aliphatic rings. The van der Waals surface area contributed by atoms with E-state index in [0.29, 0.717) is 3.94 Å². The topological polar surface area (TPSA) is 48.8 Å². The molecule has 0 N–H and O–H groups in total. The molecule has 0 fully saturated rings. The van der Waals surface area contributed by atoms with Crippen molar-refractivity contribution in [3.8, 4) is 0 Å². The first-order chi connectivity index (χ1) is 5.22. The number of nitrogens with zero attached hydrogens (tertiary/aromatic N) is 3. The summed E-state index contributed by atoms with van der Waals surface area (Å²) in [6, 6.07) is 3.03. The maximum atomic E-state index is 10.9. The number of hydrogen-bond donors (Lipinski definition) is 0. The van der Waals surface area contributed by atoms with Crippen LogP contribution in [0.4, 0.5) is 0 Å². The largest absolute Gasteiger partial charge is 0.454 e. The Bertz CT molecular complexity index is 251. The second kappa shape index (κ2) is 3.61. The molecule has 0 bridgehead atoms. The van der Waals surface area contributed by atoms with E-state index in [2.05, 4.69) is 10.2 Å². The highest BCUT2D eigenvalue weighted by molar-refractivity contribution is 6.46. The van der Waals surface area contributed by atoms with E-state index in [9.17, 15) is 4.79 Å². The van der Waals surface area contributed by atoms with Crippen LogP contribution in [0.15, 0.2) is 18.3 Å². The van der Waals surface area contributed by atoms with Crippen LogP contribution in [0.1, 0.15) is 10.5 Å². The minimum absolute atomic E-state index is 0.109. The molecule has 1 rings (SSSR count). The van der Waals surface area contributed by atoms with E-state index in [4.69, 9.17) is 23.6 Å². The van der Waals surface area contributed by atoms with Crippen LogP contribution >= 0.6 is 23.6 Å². The van der Waals surface area contributed by atoms with Crippen molar-refractivity contribution in [2.75, 3.05) is 0 Å². The molecule has 0 aromatic carbocycles. The highest BCUT2D eigenvalue weighted by Crippen LogP contribution is 2.01. The Balaban J connectivity index is 2.86. The monoisotopic (exact) mass is 191 g/mol. The van der Waals surface area contributed by atoms with Crippen molar-refractivity contribution in [2.24, 2.45) is 0 Å². The second-order valence-electron chi connectivity index (χ2n) is 1.65. The van der Waals surface area contributed by atoms with Crippen LogP contribution in [-0.4, -0.2) is 16.1 Å². The van der Waals surface area contributed by atoms with Crippen molar-refractivity contribution >= 4 is 29.5 Å². The molecule has 0 unspecified atom stereocenters. The number of halogens is 2. The van der Waals surface area contributed by atoms with E-state index in [1.807, 2.05) is 0 Å². The summed E-state index contributed by atoms with van der Waals surface area (Å²) in [4.78, 5) is 10.9. The molecule has 1 amide bonds. The fourth-order valence-corrected chi connectivity index (χ4v) is 0.675. The van der Waals surface area contributed by atoms with Gasteiger partial charge < -0.3 is 0 Å². The van der Waals surface area contributed by atoms with E-state index in [1.54, 1.807) is 6.07 Å². The molecule has 0 saturated heterocycles. The van der Waals surface area contributed by atoms with Gasteiger partial charge in [0.15, 0.2) is 5.69 Å². The van der Waals surface area contributed by atoms with Gasteiger partial charge in [0, 0.05) is 6.20 Å². The van der Waals surface area contributed by atoms with Gasteiger partial charge in [-0.1, -0.05) is 0 Å². The van der Waals surface area contributed by atoms with Crippen LogP contribution < -0.4 is 3.94 Å². The smallest absolute Gasteiger partial charge is 0.214 e. The third-order valence-electron chi connectivity index (χ3n) is 0.945. The normalized spacial score (nSPS) is 10.1. The number of hydrogen-bond acceptors (Lipinski definition) is 3. The van der Waals surface area contributed by atoms with E-state index in [0.717, 1.165) is 0 Å². The zero-order chi connectivity index (χ0) is 8.27. The molecule has 1 aromatic rings. The zero-order valence-corrected chi connectivity index (χ0v) is 6.75. The molecule has 1 radical (unpaired) electrons. The number of carbonyl (C=O) groups is 1. The molecule has 57 valence electrons. The van der Waals surface area contributed by atoms with Crippen LogP contribution in [0.5, 0.6) is 0 Å². The maximum Gasteiger partial charge on any atom is 0.454 e. The van der Waals surface area contributed by atoms with E-state index in [-0.39, 0.29) is 5.69 Å². The Labute approximate surface area is 73.0 Å². The summed E-state index contributed by atoms with van der Waals surface area (Å²) in [5.41, 5.74) is 0.109. The minimum Gasteiger partial charge on any atom is -0.214 e. The zero-order valence-electron chi connectivity index (χ0n) is 5.24. The summed E-state index contributed by atoms with van der Waals surface area (Å²) in [6.45, 7) is 0. The van der Waals surface area contributed by atoms with Gasteiger partial charge in [0.25, 0.3) is 23.6 Å². The number of carbonyl (C=O) groups excluding carboxylic acids is 1. The molecule has 0 atom stereocenters. The number of rotatable bonds is 1. The standard InChI is InChI=1S/C5H3Cl2N3O/c6-10(7)5(11)4-2-1-3-8-9-4/h1-3H/q+1. The van der Waals surface area contributed by atoms with E-state index < -0.39 is 5.91 Å². The Morgan fingerprint density at radius 2 is 2.27 bits per heavy atom. The quantitative estimate of drug-likeness (QED) is 0.625. The molecule has 4 nitrogen and oxygen atoms in total. The summed E-state index contributed by atoms with van der Waals surface area (Å²) in [7, 11) is 0. The van der Waals surface area contributed by atoms with Crippen molar-refractivity contribution in [1.82, 2.24) is 14.1 Å². The fraction of sp³-hybridized carbons (Fsp3) is 0. The second-order valence-corrected chi connectivity index (χ2v) is 2.50. The Hall–Kier alpha value is -0.710. The van der Waals surface area contributed by atoms with Crippen LogP contribution in [0.2, 0.25) is 0 Å². The molecule has 0 saturated carbocycles. The van der Waals surface area contributed by atoms with Gasteiger partial charge in [-0.25, -0.2) is 4.79 Å². The molecule has 0 aliphatic carbocycles. The van der Waals surface area contributed by atoms with Crippen molar-refractivity contribution in [3.05, 3.63) is 24.0 Å². The summed E-state index contributed by atoms with van der Waals surface area (Å²) in [5, 5.41) is 6.96. The van der Waals surface area contributed by atoms with Crippen molar-refractivity contribution in [3.63, 3.8) is 0 Å². The number of aromatic nitrogens is 2. The predicted octanol–water partition coefficient (Wildman–Crippen LogP) is 1.06. The fourth-order valence-electron chi connectivity index (χ4n) is 0.502. The lowest BCUT2D eigenvalue weighted by molar-refractivity contribution is 0.0956. The molecule has 1 aromatic heterocycles. The first-order valence-electron chi connectivity index (χ1n) is 2.65. The summed E-state index contributed by atoms with van der Waals surface area (Å²) in [5.74, 6) is -0.596. The average molecular weight is 192 g/mol. The predicted molar refractivity (Wildman–Crippen MR) is 40.2 cm³/mol. The van der Waals surface area contributed by atoms with Crippen molar-refractivity contribution < 1.29 is 4.79 Å². The van der Waals surface area contributed by atoms with E-state index in [1.165, 1.54) is 12.3 Å². The third kappa shape index (κ3) is 2.11. The van der Waals surface area contributed by atoms with Gasteiger partial charge >= 0.3 is 5.91 Å². The summed E-state index contributed by atoms with van der Waals surface area (Å²) >= 11 is 10.3. The maximum absolute atomic E-state index is 10.9. The van der Waals surface area contributed by atoms with Gasteiger partial charge in [0.1, 0.15) is 3.94 Å². The Morgan fingerprint density at radius 1 is 1.55 bits per heavy atom. The molecule has 0 aliphatic heterocycles. The van der Waals surface area contributed by atoms with Gasteiger partial charge in [0.2, 0.25) is 0 Å². The first kappa shape index (κ1) is 8.39. The first-order valence-corrected chi connectivity index (χ1v) is 3.33. The van der Waals surface area contributed by atoms with Crippen LogP contribution in [0, 0.1) is 0 Å². The molecule has 1 heterocycles. The average Bonchev–Trinajstić information content (AvgIpc) is 2.05. The highest BCUT2D eigenvalue weighted by atomic mass is 35.5. The highest BCUT2D eigenvalue weighted by Gasteiger charge is 2.27. The lowest BCUT2D eigenvalue weighted by Crippen LogP contribution is -2.17. The molecule has 6 heteroatoms. The third-order valence-corrected chi connectivity index (χ3v) is 1.25. The Morgan fingerprint density at radius 3 is 2.73 bits per heavy atom. The van der Waals surface area contributed by atoms with Gasteiger partial charge in [-0.15, -0.1) is 5.10 Å². The van der Waals surface area contributed by atoms with Gasteiger partial charge in [-0.05, 0) is 12.1 Å². The van der Waals surface area contributed by atoms with Gasteiger partial charge in [-0.3, -0.25) is 0 Å². The van der Waals surface area contributed by atoms with E-state index >= 15 is 0 Å². The summed E-state index contributed by atoms with van der Waals surface area (Å²) < 4.78 is 0.407. The SMILES string of the molecule is O=C(c1cccnn1)[N+](Cl)Cl. The minimum atomic E-state index is -0.596. The lowest BCUT2D eigenvalue weighted by Gasteiger charge is -1.87. The molecular formula is C5H3Cl2N3O+. The molecule has 11 heavy (non-hydrogen) atoms. The summed E-state index contributed by atoms with van der Waals surface area (Å²) in [6.07, 6.45) is 1.45.